The van der Waals surface area contributed by atoms with Gasteiger partial charge in [0.25, 0.3) is 0 Å². The number of nitrogens with zero attached hydrogens (tertiary/aromatic N) is 2. The lowest BCUT2D eigenvalue weighted by Crippen LogP contribution is -2.61. The van der Waals surface area contributed by atoms with E-state index in [1.54, 1.807) is 0 Å². The normalized spacial score (nSPS) is 27.6. The van der Waals surface area contributed by atoms with Crippen LogP contribution in [0.15, 0.2) is 0 Å². The molecule has 0 spiro atoms. The van der Waals surface area contributed by atoms with Gasteiger partial charge in [-0.15, -0.1) is 0 Å². The summed E-state index contributed by atoms with van der Waals surface area (Å²) >= 11 is 0. The second-order valence-corrected chi connectivity index (χ2v) is 7.58. The van der Waals surface area contributed by atoms with E-state index in [-0.39, 0.29) is 11.3 Å². The maximum absolute atomic E-state index is 11.2. The predicted molar refractivity (Wildman–Crippen MR) is 70.9 cm³/mol. The third kappa shape index (κ3) is 4.21. The molecular weight excluding hydrogens is 238 g/mol. The van der Waals surface area contributed by atoms with E-state index in [4.69, 9.17) is 5.73 Å². The lowest BCUT2D eigenvalue weighted by atomic mass is 9.87. The number of sulfone groups is 1. The quantitative estimate of drug-likeness (QED) is 0.716. The van der Waals surface area contributed by atoms with Crippen LogP contribution in [0.2, 0.25) is 0 Å². The fourth-order valence-electron chi connectivity index (χ4n) is 2.51. The Morgan fingerprint density at radius 1 is 1.47 bits per heavy atom. The van der Waals surface area contributed by atoms with Crippen LogP contribution in [0.5, 0.6) is 0 Å². The summed E-state index contributed by atoms with van der Waals surface area (Å²) in [6.07, 6.45) is 3.45. The van der Waals surface area contributed by atoms with Crippen molar-refractivity contribution >= 4 is 9.84 Å². The van der Waals surface area contributed by atoms with Crippen LogP contribution in [0, 0.1) is 0 Å². The van der Waals surface area contributed by atoms with Gasteiger partial charge in [0.1, 0.15) is 9.84 Å². The smallest absolute Gasteiger partial charge is 0.148 e. The van der Waals surface area contributed by atoms with Crippen LogP contribution < -0.4 is 5.73 Å². The van der Waals surface area contributed by atoms with Crippen molar-refractivity contribution in [2.24, 2.45) is 5.73 Å². The summed E-state index contributed by atoms with van der Waals surface area (Å²) < 4.78 is 22.4. The second kappa shape index (κ2) is 5.65. The van der Waals surface area contributed by atoms with E-state index in [1.165, 1.54) is 6.26 Å². The zero-order chi connectivity index (χ0) is 13.1. The summed E-state index contributed by atoms with van der Waals surface area (Å²) in [5, 5.41) is 0. The Bertz CT molecular complexity index is 345. The summed E-state index contributed by atoms with van der Waals surface area (Å²) in [7, 11) is 1.17. The number of rotatable bonds is 5. The second-order valence-electron chi connectivity index (χ2n) is 5.32. The van der Waals surface area contributed by atoms with Crippen molar-refractivity contribution < 1.29 is 8.42 Å². The van der Waals surface area contributed by atoms with Crippen LogP contribution in [0.1, 0.15) is 12.8 Å². The molecule has 0 aromatic heterocycles. The van der Waals surface area contributed by atoms with E-state index in [0.29, 0.717) is 13.1 Å². The Labute approximate surface area is 105 Å². The van der Waals surface area contributed by atoms with Crippen LogP contribution in [0.25, 0.3) is 0 Å². The topological polar surface area (TPSA) is 66.6 Å². The van der Waals surface area contributed by atoms with E-state index in [9.17, 15) is 8.42 Å². The maximum atomic E-state index is 11.2. The van der Waals surface area contributed by atoms with Crippen molar-refractivity contribution in [1.29, 1.82) is 0 Å². The van der Waals surface area contributed by atoms with Gasteiger partial charge in [-0.2, -0.15) is 0 Å². The Kier molecular flexibility index (Phi) is 4.95. The first-order valence-corrected chi connectivity index (χ1v) is 8.13. The molecular formula is C11H25N3O2S. The van der Waals surface area contributed by atoms with E-state index in [2.05, 4.69) is 16.8 Å². The monoisotopic (exact) mass is 263 g/mol. The molecule has 1 rings (SSSR count). The highest BCUT2D eigenvalue weighted by atomic mass is 32.2. The lowest BCUT2D eigenvalue weighted by molar-refractivity contribution is 0.0494. The van der Waals surface area contributed by atoms with Gasteiger partial charge in [0, 0.05) is 31.4 Å². The van der Waals surface area contributed by atoms with Gasteiger partial charge in [-0.05, 0) is 33.5 Å². The summed E-state index contributed by atoms with van der Waals surface area (Å²) in [4.78, 5) is 4.40. The van der Waals surface area contributed by atoms with Gasteiger partial charge in [-0.25, -0.2) is 8.42 Å². The standard InChI is InChI=1S/C11H25N3O2S/c1-13-6-4-5-11(9-12,10-13)14(2)7-8-17(3,15)16/h4-10,12H2,1-3H3. The van der Waals surface area contributed by atoms with Gasteiger partial charge in [0.2, 0.25) is 0 Å². The molecule has 1 unspecified atom stereocenters. The molecule has 0 amide bonds. The number of likely N-dealkylation sites (tertiary alicyclic amines) is 1. The minimum Gasteiger partial charge on any atom is -0.329 e. The molecule has 2 N–H and O–H groups in total. The molecule has 0 bridgehead atoms. The van der Waals surface area contributed by atoms with Gasteiger partial charge >= 0.3 is 0 Å². The Morgan fingerprint density at radius 3 is 2.59 bits per heavy atom. The highest BCUT2D eigenvalue weighted by Gasteiger charge is 2.36. The molecule has 0 aliphatic carbocycles. The SMILES string of the molecule is CN1CCCC(CN)(N(C)CCS(C)(=O)=O)C1. The Balaban J connectivity index is 2.65. The first kappa shape index (κ1) is 14.9. The van der Waals surface area contributed by atoms with Crippen molar-refractivity contribution in [3.8, 4) is 0 Å². The summed E-state index contributed by atoms with van der Waals surface area (Å²) in [5.74, 6) is 0.203. The van der Waals surface area contributed by atoms with Crippen molar-refractivity contribution in [2.75, 3.05) is 52.3 Å². The Morgan fingerprint density at radius 2 is 2.12 bits per heavy atom. The number of hydrogen-bond donors (Lipinski definition) is 1. The zero-order valence-electron chi connectivity index (χ0n) is 11.1. The molecule has 1 fully saturated rings. The minimum atomic E-state index is -2.90. The third-order valence-corrected chi connectivity index (χ3v) is 4.66. The van der Waals surface area contributed by atoms with Gasteiger partial charge in [0.05, 0.1) is 5.75 Å². The summed E-state index contributed by atoms with van der Waals surface area (Å²) in [6, 6.07) is 0. The average molecular weight is 263 g/mol. The van der Waals surface area contributed by atoms with E-state index >= 15 is 0 Å². The fourth-order valence-corrected chi connectivity index (χ4v) is 3.12. The van der Waals surface area contributed by atoms with Gasteiger partial charge in [-0.3, -0.25) is 4.90 Å². The number of likely N-dealkylation sites (N-methyl/N-ethyl adjacent to an activating group) is 2. The van der Waals surface area contributed by atoms with E-state index in [0.717, 1.165) is 25.9 Å². The van der Waals surface area contributed by atoms with Crippen LogP contribution in [-0.2, 0) is 9.84 Å². The first-order valence-electron chi connectivity index (χ1n) is 6.07. The van der Waals surface area contributed by atoms with Crippen LogP contribution in [-0.4, -0.2) is 76.0 Å². The molecule has 1 saturated heterocycles. The summed E-state index contributed by atoms with van der Waals surface area (Å²) in [5.41, 5.74) is 5.87. The van der Waals surface area contributed by atoms with Gasteiger partial charge in [0.15, 0.2) is 0 Å². The first-order chi connectivity index (χ1) is 7.79. The molecule has 17 heavy (non-hydrogen) atoms. The zero-order valence-corrected chi connectivity index (χ0v) is 12.0. The van der Waals surface area contributed by atoms with Crippen molar-refractivity contribution in [3.63, 3.8) is 0 Å². The summed E-state index contributed by atoms with van der Waals surface area (Å²) in [6.45, 7) is 3.16. The number of hydrogen-bond acceptors (Lipinski definition) is 5. The molecule has 1 atom stereocenters. The molecule has 1 aliphatic heterocycles. The largest absolute Gasteiger partial charge is 0.329 e. The molecule has 0 aromatic carbocycles. The highest BCUT2D eigenvalue weighted by molar-refractivity contribution is 7.90. The Hall–Kier alpha value is -0.170. The third-order valence-electron chi connectivity index (χ3n) is 3.73. The minimum absolute atomic E-state index is 0.0578. The lowest BCUT2D eigenvalue weighted by Gasteiger charge is -2.47. The van der Waals surface area contributed by atoms with Crippen LogP contribution in [0.4, 0.5) is 0 Å². The molecule has 102 valence electrons. The predicted octanol–water partition coefficient (Wildman–Crippen LogP) is -0.614. The maximum Gasteiger partial charge on any atom is 0.148 e. The highest BCUT2D eigenvalue weighted by Crippen LogP contribution is 2.24. The molecule has 5 nitrogen and oxygen atoms in total. The van der Waals surface area contributed by atoms with Gasteiger partial charge < -0.3 is 10.6 Å². The molecule has 1 aliphatic rings. The van der Waals surface area contributed by atoms with Crippen LogP contribution in [0.3, 0.4) is 0 Å². The van der Waals surface area contributed by atoms with Crippen molar-refractivity contribution in [3.05, 3.63) is 0 Å². The molecule has 1 heterocycles. The van der Waals surface area contributed by atoms with E-state index < -0.39 is 9.84 Å². The van der Waals surface area contributed by atoms with E-state index in [1.807, 2.05) is 7.05 Å². The van der Waals surface area contributed by atoms with Crippen molar-refractivity contribution in [2.45, 2.75) is 18.4 Å². The molecule has 6 heteroatoms. The van der Waals surface area contributed by atoms with Crippen LogP contribution >= 0.6 is 0 Å². The van der Waals surface area contributed by atoms with Crippen molar-refractivity contribution in [1.82, 2.24) is 9.80 Å². The average Bonchev–Trinajstić information content (AvgIpc) is 2.24. The fraction of sp³-hybridized carbons (Fsp3) is 1.00. The number of piperidine rings is 1. The number of nitrogens with two attached hydrogens (primary N) is 1. The molecule has 0 aromatic rings. The molecule has 0 radical (unpaired) electrons. The van der Waals surface area contributed by atoms with Gasteiger partial charge in [-0.1, -0.05) is 0 Å². The molecule has 0 saturated carbocycles.